The molecule has 5 heteroatoms. The number of halogens is 4. The monoisotopic (exact) mass is 270 g/mol. The first-order valence-electron chi connectivity index (χ1n) is 3.85. The van der Waals surface area contributed by atoms with Gasteiger partial charge >= 0.3 is 0 Å². The van der Waals surface area contributed by atoms with Crippen molar-refractivity contribution in [3.63, 3.8) is 0 Å². The Kier molecular flexibility index (Phi) is 4.08. The summed E-state index contributed by atoms with van der Waals surface area (Å²) < 4.78 is 0. The van der Waals surface area contributed by atoms with Gasteiger partial charge in [0.15, 0.2) is 5.78 Å². The van der Waals surface area contributed by atoms with E-state index < -0.39 is 0 Å². The van der Waals surface area contributed by atoms with Gasteiger partial charge in [0.2, 0.25) is 0 Å². The molecule has 0 heterocycles. The third-order valence-corrected chi connectivity index (χ3v) is 3.29. The van der Waals surface area contributed by atoms with Crippen molar-refractivity contribution in [3.8, 4) is 0 Å². The van der Waals surface area contributed by atoms with Crippen LogP contribution >= 0.6 is 46.4 Å². The van der Waals surface area contributed by atoms with E-state index in [0.29, 0.717) is 6.42 Å². The number of hydrogen-bond acceptors (Lipinski definition) is 1. The Morgan fingerprint density at radius 3 is 1.93 bits per heavy atom. The van der Waals surface area contributed by atoms with Gasteiger partial charge in [-0.15, -0.1) is 0 Å². The average molecular weight is 272 g/mol. The summed E-state index contributed by atoms with van der Waals surface area (Å²) in [4.78, 5) is 11.5. The molecule has 1 nitrogen and oxygen atoms in total. The van der Waals surface area contributed by atoms with Gasteiger partial charge in [0.05, 0.1) is 25.7 Å². The molecule has 0 bridgehead atoms. The van der Waals surface area contributed by atoms with Crippen LogP contribution in [0.25, 0.3) is 0 Å². The molecule has 0 radical (unpaired) electrons. The molecule has 0 aliphatic carbocycles. The minimum absolute atomic E-state index is 0.160. The molecule has 14 heavy (non-hydrogen) atoms. The van der Waals surface area contributed by atoms with Crippen LogP contribution < -0.4 is 0 Å². The van der Waals surface area contributed by atoms with Crippen LogP contribution in [0.3, 0.4) is 0 Å². The van der Waals surface area contributed by atoms with E-state index in [1.165, 1.54) is 6.07 Å². The molecule has 0 aromatic heterocycles. The Hall–Kier alpha value is 0.0500. The van der Waals surface area contributed by atoms with E-state index in [1.807, 2.05) is 0 Å². The maximum atomic E-state index is 11.5. The minimum Gasteiger partial charge on any atom is -0.294 e. The normalized spacial score (nSPS) is 10.4. The molecule has 1 aromatic carbocycles. The van der Waals surface area contributed by atoms with E-state index >= 15 is 0 Å². The van der Waals surface area contributed by atoms with Crippen LogP contribution in [0.15, 0.2) is 6.07 Å². The minimum atomic E-state index is -0.176. The van der Waals surface area contributed by atoms with Gasteiger partial charge in [-0.05, 0) is 6.07 Å². The van der Waals surface area contributed by atoms with Crippen LogP contribution in [-0.2, 0) is 0 Å². The van der Waals surface area contributed by atoms with Crippen LogP contribution in [-0.4, -0.2) is 5.78 Å². The van der Waals surface area contributed by atoms with Crippen LogP contribution in [0.5, 0.6) is 0 Å². The summed E-state index contributed by atoms with van der Waals surface area (Å²) in [6.45, 7) is 1.71. The highest BCUT2D eigenvalue weighted by molar-refractivity contribution is 6.50. The zero-order valence-electron chi connectivity index (χ0n) is 7.20. The summed E-state index contributed by atoms with van der Waals surface area (Å²) in [5.41, 5.74) is 0.202. The number of carbonyl (C=O) groups is 1. The second kappa shape index (κ2) is 4.71. The second-order valence-corrected chi connectivity index (χ2v) is 4.19. The molecule has 76 valence electrons. The number of Topliss-reactive ketones (excluding diaryl/α,β-unsaturated/α-hetero) is 1. The summed E-state index contributed by atoms with van der Waals surface area (Å²) in [6, 6.07) is 1.42. The molecule has 0 aliphatic rings. The quantitative estimate of drug-likeness (QED) is 0.553. The first-order chi connectivity index (χ1) is 6.49. The Morgan fingerprint density at radius 1 is 1.14 bits per heavy atom. The third kappa shape index (κ3) is 2.17. The predicted molar refractivity (Wildman–Crippen MR) is 61.1 cm³/mol. The first-order valence-corrected chi connectivity index (χ1v) is 5.36. The van der Waals surface area contributed by atoms with Crippen molar-refractivity contribution in [3.05, 3.63) is 31.7 Å². The van der Waals surface area contributed by atoms with Gasteiger partial charge in [-0.3, -0.25) is 4.79 Å². The van der Waals surface area contributed by atoms with Gasteiger partial charge in [-0.1, -0.05) is 53.3 Å². The van der Waals surface area contributed by atoms with Crippen molar-refractivity contribution in [1.29, 1.82) is 0 Å². The van der Waals surface area contributed by atoms with E-state index in [1.54, 1.807) is 6.92 Å². The zero-order chi connectivity index (χ0) is 10.9. The molecule has 0 saturated carbocycles. The van der Waals surface area contributed by atoms with Crippen LogP contribution in [0.1, 0.15) is 23.7 Å². The highest BCUT2D eigenvalue weighted by atomic mass is 35.5. The van der Waals surface area contributed by atoms with Gasteiger partial charge in [0, 0.05) is 6.42 Å². The van der Waals surface area contributed by atoms with E-state index in [2.05, 4.69) is 0 Å². The summed E-state index contributed by atoms with van der Waals surface area (Å²) >= 11 is 23.2. The fraction of sp³-hybridized carbons (Fsp3) is 0.222. The summed E-state index contributed by atoms with van der Waals surface area (Å²) in [5, 5.41) is 0.788. The Balaban J connectivity index is 3.47. The molecule has 1 rings (SSSR count). The van der Waals surface area contributed by atoms with Crippen LogP contribution in [0, 0.1) is 0 Å². The van der Waals surface area contributed by atoms with Crippen molar-refractivity contribution in [2.24, 2.45) is 0 Å². The lowest BCUT2D eigenvalue weighted by Crippen LogP contribution is -1.99. The Bertz CT molecular complexity index is 361. The molecule has 0 fully saturated rings. The SMILES string of the molecule is CCC(=O)c1c(Cl)c(Cl)cc(Cl)c1Cl. The third-order valence-electron chi connectivity index (χ3n) is 1.71. The molecular weight excluding hydrogens is 266 g/mol. The van der Waals surface area contributed by atoms with Gasteiger partial charge in [0.25, 0.3) is 0 Å². The van der Waals surface area contributed by atoms with E-state index in [0.717, 1.165) is 0 Å². The average Bonchev–Trinajstić information content (AvgIpc) is 2.15. The molecule has 0 N–H and O–H groups in total. The maximum absolute atomic E-state index is 11.5. The molecule has 0 spiro atoms. The largest absolute Gasteiger partial charge is 0.294 e. The topological polar surface area (TPSA) is 17.1 Å². The fourth-order valence-electron chi connectivity index (χ4n) is 0.995. The zero-order valence-corrected chi connectivity index (χ0v) is 10.2. The summed E-state index contributed by atoms with van der Waals surface area (Å²) in [5.74, 6) is -0.176. The second-order valence-electron chi connectivity index (χ2n) is 2.62. The number of ketones is 1. The molecule has 0 aliphatic heterocycles. The highest BCUT2D eigenvalue weighted by Gasteiger charge is 2.18. The van der Waals surface area contributed by atoms with Gasteiger partial charge in [0.1, 0.15) is 0 Å². The fourth-order valence-corrected chi connectivity index (χ4v) is 2.02. The molecular formula is C9H6Cl4O. The maximum Gasteiger partial charge on any atom is 0.165 e. The van der Waals surface area contributed by atoms with Crippen molar-refractivity contribution >= 4 is 52.2 Å². The lowest BCUT2D eigenvalue weighted by atomic mass is 10.1. The molecule has 0 amide bonds. The van der Waals surface area contributed by atoms with Gasteiger partial charge < -0.3 is 0 Å². The van der Waals surface area contributed by atoms with Crippen molar-refractivity contribution in [2.45, 2.75) is 13.3 Å². The van der Waals surface area contributed by atoms with Crippen LogP contribution in [0.4, 0.5) is 0 Å². The number of benzene rings is 1. The lowest BCUT2D eigenvalue weighted by Gasteiger charge is -2.07. The van der Waals surface area contributed by atoms with Gasteiger partial charge in [-0.25, -0.2) is 0 Å². The first kappa shape index (κ1) is 12.1. The number of carbonyl (C=O) groups excluding carboxylic acids is 1. The Labute approximate surface area is 102 Å². The van der Waals surface area contributed by atoms with Gasteiger partial charge in [-0.2, -0.15) is 0 Å². The van der Waals surface area contributed by atoms with Crippen molar-refractivity contribution < 1.29 is 4.79 Å². The van der Waals surface area contributed by atoms with E-state index in [4.69, 9.17) is 46.4 Å². The smallest absolute Gasteiger partial charge is 0.165 e. The number of hydrogen-bond donors (Lipinski definition) is 0. The molecule has 0 saturated heterocycles. The summed E-state index contributed by atoms with van der Waals surface area (Å²) in [6.07, 6.45) is 0.302. The molecule has 0 unspecified atom stereocenters. The predicted octanol–water partition coefficient (Wildman–Crippen LogP) is 4.89. The molecule has 0 atom stereocenters. The highest BCUT2D eigenvalue weighted by Crippen LogP contribution is 2.37. The van der Waals surface area contributed by atoms with E-state index in [-0.39, 0.29) is 31.4 Å². The Morgan fingerprint density at radius 2 is 1.57 bits per heavy atom. The van der Waals surface area contributed by atoms with Crippen LogP contribution in [0.2, 0.25) is 20.1 Å². The lowest BCUT2D eigenvalue weighted by molar-refractivity contribution is 0.0988. The standard InChI is InChI=1S/C9H6Cl4O/c1-2-6(14)7-8(12)4(10)3-5(11)9(7)13/h3H,2H2,1H3. The number of rotatable bonds is 2. The van der Waals surface area contributed by atoms with Crippen molar-refractivity contribution in [1.82, 2.24) is 0 Å². The van der Waals surface area contributed by atoms with Crippen molar-refractivity contribution in [2.75, 3.05) is 0 Å². The van der Waals surface area contributed by atoms with E-state index in [9.17, 15) is 4.79 Å². The molecule has 1 aromatic rings. The summed E-state index contributed by atoms with van der Waals surface area (Å²) in [7, 11) is 0.